The van der Waals surface area contributed by atoms with Gasteiger partial charge in [-0.1, -0.05) is 30.1 Å². The van der Waals surface area contributed by atoms with Crippen LogP contribution < -0.4 is 10.1 Å². The van der Waals surface area contributed by atoms with Crippen molar-refractivity contribution in [3.63, 3.8) is 0 Å². The summed E-state index contributed by atoms with van der Waals surface area (Å²) >= 11 is 11.9. The summed E-state index contributed by atoms with van der Waals surface area (Å²) in [5, 5.41) is 3.32. The van der Waals surface area contributed by atoms with Crippen LogP contribution in [0.25, 0.3) is 0 Å². The maximum atomic E-state index is 12.9. The predicted octanol–water partition coefficient (Wildman–Crippen LogP) is 4.35. The number of carbonyl (C=O) groups is 1. The number of nitrogens with zero attached hydrogens (tertiary/aromatic N) is 1. The van der Waals surface area contributed by atoms with Gasteiger partial charge in [0.2, 0.25) is 15.9 Å². The molecule has 0 aliphatic heterocycles. The molecule has 152 valence electrons. The summed E-state index contributed by atoms with van der Waals surface area (Å²) in [6, 6.07) is 9.27. The molecule has 2 aromatic carbocycles. The molecule has 0 radical (unpaired) electrons. The number of benzene rings is 2. The Balaban J connectivity index is 2.18. The van der Waals surface area contributed by atoms with E-state index in [2.05, 4.69) is 5.32 Å². The van der Waals surface area contributed by atoms with Gasteiger partial charge in [-0.25, -0.2) is 8.42 Å². The first-order valence-electron chi connectivity index (χ1n) is 8.67. The molecule has 2 rings (SSSR count). The molecule has 0 heterocycles. The van der Waals surface area contributed by atoms with Gasteiger partial charge in [-0.05, 0) is 55.8 Å². The maximum Gasteiger partial charge on any atom is 0.243 e. The molecule has 6 nitrogen and oxygen atoms in total. The van der Waals surface area contributed by atoms with Crippen LogP contribution in [0.15, 0.2) is 41.3 Å². The molecule has 1 N–H and O–H groups in total. The van der Waals surface area contributed by atoms with Crippen molar-refractivity contribution in [2.24, 2.45) is 0 Å². The first-order valence-corrected chi connectivity index (χ1v) is 10.9. The van der Waals surface area contributed by atoms with E-state index in [1.165, 1.54) is 18.2 Å². The highest BCUT2D eigenvalue weighted by Crippen LogP contribution is 2.26. The monoisotopic (exact) mass is 444 g/mol. The number of amides is 1. The number of nitrogens with one attached hydrogen (secondary N) is 1. The van der Waals surface area contributed by atoms with E-state index in [-0.39, 0.29) is 23.0 Å². The second kappa shape index (κ2) is 9.60. The quantitative estimate of drug-likeness (QED) is 0.656. The molecule has 2 aromatic rings. The molecule has 9 heteroatoms. The van der Waals surface area contributed by atoms with Crippen LogP contribution in [-0.2, 0) is 14.8 Å². The van der Waals surface area contributed by atoms with Crippen molar-refractivity contribution in [2.45, 2.75) is 25.7 Å². The molecule has 0 saturated carbocycles. The van der Waals surface area contributed by atoms with Gasteiger partial charge in [-0.3, -0.25) is 4.79 Å². The minimum atomic E-state index is -3.85. The standard InChI is InChI=1S/C19H22Cl2N2O4S/c1-4-23(12-19(24)22-17-8-6-14(20)11-16(17)21)28(25,26)15-7-9-18(27-5-2)13(3)10-15/h6-11H,4-5,12H2,1-3H3,(H,22,24). The number of aryl methyl sites for hydroxylation is 1. The third-order valence-electron chi connectivity index (χ3n) is 3.96. The number of anilines is 1. The molecule has 1 amide bonds. The smallest absolute Gasteiger partial charge is 0.243 e. The normalized spacial score (nSPS) is 11.5. The van der Waals surface area contributed by atoms with Crippen molar-refractivity contribution >= 4 is 44.8 Å². The average molecular weight is 445 g/mol. The Kier molecular flexibility index (Phi) is 7.71. The molecule has 0 unspecified atom stereocenters. The Morgan fingerprint density at radius 1 is 1.14 bits per heavy atom. The fraction of sp³-hybridized carbons (Fsp3) is 0.316. The van der Waals surface area contributed by atoms with Crippen LogP contribution in [0, 0.1) is 6.92 Å². The van der Waals surface area contributed by atoms with Crippen LogP contribution >= 0.6 is 23.2 Å². The van der Waals surface area contributed by atoms with Crippen LogP contribution in [0.2, 0.25) is 10.0 Å². The highest BCUT2D eigenvalue weighted by atomic mass is 35.5. The minimum absolute atomic E-state index is 0.104. The Labute approximate surface area is 175 Å². The molecule has 0 saturated heterocycles. The topological polar surface area (TPSA) is 75.7 Å². The van der Waals surface area contributed by atoms with Gasteiger partial charge in [-0.15, -0.1) is 0 Å². The van der Waals surface area contributed by atoms with E-state index in [0.29, 0.717) is 28.6 Å². The summed E-state index contributed by atoms with van der Waals surface area (Å²) in [6.45, 7) is 5.58. The predicted molar refractivity (Wildman–Crippen MR) is 112 cm³/mol. The Morgan fingerprint density at radius 3 is 2.43 bits per heavy atom. The van der Waals surface area contributed by atoms with Crippen molar-refractivity contribution in [3.05, 3.63) is 52.0 Å². The number of hydrogen-bond donors (Lipinski definition) is 1. The zero-order valence-corrected chi connectivity index (χ0v) is 18.2. The van der Waals surface area contributed by atoms with Gasteiger partial charge >= 0.3 is 0 Å². The summed E-state index contributed by atoms with van der Waals surface area (Å²) in [7, 11) is -3.85. The number of hydrogen-bond acceptors (Lipinski definition) is 4. The molecule has 0 atom stereocenters. The van der Waals surface area contributed by atoms with Gasteiger partial charge in [-0.2, -0.15) is 4.31 Å². The maximum absolute atomic E-state index is 12.9. The van der Waals surface area contributed by atoms with E-state index in [9.17, 15) is 13.2 Å². The SMILES string of the molecule is CCOc1ccc(S(=O)(=O)N(CC)CC(=O)Nc2ccc(Cl)cc2Cl)cc1C. The lowest BCUT2D eigenvalue weighted by atomic mass is 10.2. The van der Waals surface area contributed by atoms with Crippen LogP contribution in [0.1, 0.15) is 19.4 Å². The fourth-order valence-corrected chi connectivity index (χ4v) is 4.50. The lowest BCUT2D eigenvalue weighted by molar-refractivity contribution is -0.116. The first-order chi connectivity index (χ1) is 13.2. The minimum Gasteiger partial charge on any atom is -0.494 e. The van der Waals surface area contributed by atoms with E-state index in [1.807, 2.05) is 6.92 Å². The molecule has 0 aliphatic carbocycles. The highest BCUT2D eigenvalue weighted by Gasteiger charge is 2.26. The fourth-order valence-electron chi connectivity index (χ4n) is 2.56. The van der Waals surface area contributed by atoms with Crippen molar-refractivity contribution in [2.75, 3.05) is 25.0 Å². The third kappa shape index (κ3) is 5.38. The average Bonchev–Trinajstić information content (AvgIpc) is 2.63. The van der Waals surface area contributed by atoms with E-state index < -0.39 is 15.9 Å². The first kappa shape index (κ1) is 22.5. The second-order valence-electron chi connectivity index (χ2n) is 5.96. The van der Waals surface area contributed by atoms with Gasteiger partial charge in [0, 0.05) is 11.6 Å². The molecule has 0 bridgehead atoms. The molecule has 0 spiro atoms. The Hall–Kier alpha value is -1.80. The molecule has 28 heavy (non-hydrogen) atoms. The second-order valence-corrected chi connectivity index (χ2v) is 8.75. The van der Waals surface area contributed by atoms with Crippen LogP contribution in [0.5, 0.6) is 5.75 Å². The number of rotatable bonds is 8. The Morgan fingerprint density at radius 2 is 1.86 bits per heavy atom. The largest absolute Gasteiger partial charge is 0.494 e. The van der Waals surface area contributed by atoms with Gasteiger partial charge in [0.25, 0.3) is 0 Å². The van der Waals surface area contributed by atoms with Gasteiger partial charge in [0.15, 0.2) is 0 Å². The highest BCUT2D eigenvalue weighted by molar-refractivity contribution is 7.89. The number of halogens is 2. The van der Waals surface area contributed by atoms with Crippen LogP contribution in [0.3, 0.4) is 0 Å². The van der Waals surface area contributed by atoms with Crippen molar-refractivity contribution in [3.8, 4) is 5.75 Å². The van der Waals surface area contributed by atoms with E-state index in [1.54, 1.807) is 32.0 Å². The molecular weight excluding hydrogens is 423 g/mol. The van der Waals surface area contributed by atoms with Crippen molar-refractivity contribution in [1.29, 1.82) is 0 Å². The number of carbonyl (C=O) groups excluding carboxylic acids is 1. The van der Waals surface area contributed by atoms with Crippen LogP contribution in [-0.4, -0.2) is 38.3 Å². The van der Waals surface area contributed by atoms with E-state index in [0.717, 1.165) is 4.31 Å². The van der Waals surface area contributed by atoms with E-state index in [4.69, 9.17) is 27.9 Å². The van der Waals surface area contributed by atoms with Crippen LogP contribution in [0.4, 0.5) is 5.69 Å². The Bertz CT molecular complexity index is 964. The molecule has 0 aliphatic rings. The third-order valence-corrected chi connectivity index (χ3v) is 6.43. The molecule has 0 fully saturated rings. The lowest BCUT2D eigenvalue weighted by Crippen LogP contribution is -2.37. The summed E-state index contributed by atoms with van der Waals surface area (Å²) in [6.07, 6.45) is 0. The molecular formula is C19H22Cl2N2O4S. The van der Waals surface area contributed by atoms with Crippen molar-refractivity contribution in [1.82, 2.24) is 4.31 Å². The lowest BCUT2D eigenvalue weighted by Gasteiger charge is -2.21. The zero-order valence-electron chi connectivity index (χ0n) is 15.8. The van der Waals surface area contributed by atoms with Gasteiger partial charge in [0.05, 0.1) is 28.8 Å². The molecule has 0 aromatic heterocycles. The van der Waals surface area contributed by atoms with Crippen molar-refractivity contribution < 1.29 is 17.9 Å². The number of sulfonamides is 1. The summed E-state index contributed by atoms with van der Waals surface area (Å²) in [5.74, 6) is 0.122. The van der Waals surface area contributed by atoms with E-state index >= 15 is 0 Å². The summed E-state index contributed by atoms with van der Waals surface area (Å²) in [4.78, 5) is 12.5. The zero-order chi connectivity index (χ0) is 20.9. The summed E-state index contributed by atoms with van der Waals surface area (Å²) < 4.78 is 32.4. The van der Waals surface area contributed by atoms with Gasteiger partial charge < -0.3 is 10.1 Å². The number of ether oxygens (including phenoxy) is 1. The summed E-state index contributed by atoms with van der Waals surface area (Å²) in [5.41, 5.74) is 1.07. The van der Waals surface area contributed by atoms with Gasteiger partial charge in [0.1, 0.15) is 5.75 Å². The number of likely N-dealkylation sites (N-methyl/N-ethyl adjacent to an activating group) is 1.